The number of hydrogen-bond donors (Lipinski definition) is 1. The highest BCUT2D eigenvalue weighted by Gasteiger charge is 2.30. The summed E-state index contributed by atoms with van der Waals surface area (Å²) in [6.07, 6.45) is 1.77. The Morgan fingerprint density at radius 3 is 2.74 bits per heavy atom. The molecule has 0 bridgehead atoms. The number of para-hydroxylation sites is 1. The lowest BCUT2D eigenvalue weighted by atomic mass is 10.0. The number of nitrogens with zero attached hydrogens (tertiary/aromatic N) is 2. The van der Waals surface area contributed by atoms with Gasteiger partial charge in [-0.2, -0.15) is 0 Å². The summed E-state index contributed by atoms with van der Waals surface area (Å²) in [5, 5.41) is 10.4. The molecule has 0 saturated carbocycles. The van der Waals surface area contributed by atoms with Gasteiger partial charge in [-0.05, 0) is 49.2 Å². The fourth-order valence-electron chi connectivity index (χ4n) is 3.71. The maximum Gasteiger partial charge on any atom is 0.254 e. The molecule has 1 N–H and O–H groups in total. The van der Waals surface area contributed by atoms with E-state index in [1.54, 1.807) is 12.0 Å². The van der Waals surface area contributed by atoms with Crippen molar-refractivity contribution in [2.45, 2.75) is 18.9 Å². The molecule has 1 aliphatic rings. The maximum absolute atomic E-state index is 13.3. The van der Waals surface area contributed by atoms with Crippen LogP contribution < -0.4 is 4.74 Å². The number of fused-ring (bicyclic) bond motifs is 1. The summed E-state index contributed by atoms with van der Waals surface area (Å²) < 4.78 is 5.22. The van der Waals surface area contributed by atoms with Gasteiger partial charge in [0.05, 0.1) is 36.5 Å². The van der Waals surface area contributed by atoms with Crippen molar-refractivity contribution in [3.63, 3.8) is 0 Å². The topological polar surface area (TPSA) is 62.7 Å². The molecule has 1 amide bonds. The van der Waals surface area contributed by atoms with Crippen LogP contribution in [-0.4, -0.2) is 47.2 Å². The van der Waals surface area contributed by atoms with E-state index >= 15 is 0 Å². The molecule has 4 rings (SSSR count). The molecular weight excluding hydrogens is 340 g/mol. The Kier molecular flexibility index (Phi) is 4.77. The van der Waals surface area contributed by atoms with Gasteiger partial charge in [0, 0.05) is 17.5 Å². The van der Waals surface area contributed by atoms with Crippen molar-refractivity contribution in [3.05, 3.63) is 60.2 Å². The van der Waals surface area contributed by atoms with Crippen LogP contribution in [0.25, 0.3) is 22.2 Å². The first-order chi connectivity index (χ1) is 13.2. The maximum atomic E-state index is 13.3. The van der Waals surface area contributed by atoms with E-state index in [1.807, 2.05) is 54.6 Å². The number of carbonyl (C=O) groups excluding carboxylic acids is 1. The van der Waals surface area contributed by atoms with E-state index in [2.05, 4.69) is 0 Å². The molecule has 0 radical (unpaired) electrons. The van der Waals surface area contributed by atoms with E-state index in [-0.39, 0.29) is 18.6 Å². The quantitative estimate of drug-likeness (QED) is 0.771. The number of aromatic nitrogens is 1. The summed E-state index contributed by atoms with van der Waals surface area (Å²) in [6.45, 7) is 0.679. The molecule has 0 unspecified atom stereocenters. The van der Waals surface area contributed by atoms with Crippen LogP contribution in [0.5, 0.6) is 5.75 Å². The molecule has 5 heteroatoms. The number of aliphatic hydroxyl groups is 1. The Morgan fingerprint density at radius 2 is 2.00 bits per heavy atom. The van der Waals surface area contributed by atoms with Crippen LogP contribution in [0.1, 0.15) is 23.2 Å². The number of benzene rings is 2. The first-order valence-electron chi connectivity index (χ1n) is 9.17. The summed E-state index contributed by atoms with van der Waals surface area (Å²) in [7, 11) is 1.63. The number of pyridine rings is 1. The Bertz CT molecular complexity index is 969. The molecular formula is C22H22N2O3. The first kappa shape index (κ1) is 17.5. The minimum absolute atomic E-state index is 0.0000924. The fraction of sp³-hybridized carbons (Fsp3) is 0.273. The van der Waals surface area contributed by atoms with Crippen molar-refractivity contribution in [1.29, 1.82) is 0 Å². The average Bonchev–Trinajstić information content (AvgIpc) is 3.21. The third-order valence-electron chi connectivity index (χ3n) is 5.18. The largest absolute Gasteiger partial charge is 0.497 e. The molecule has 2 aromatic carbocycles. The number of carbonyl (C=O) groups is 1. The van der Waals surface area contributed by atoms with Crippen molar-refractivity contribution in [1.82, 2.24) is 9.88 Å². The van der Waals surface area contributed by atoms with Gasteiger partial charge in [0.15, 0.2) is 0 Å². The van der Waals surface area contributed by atoms with Gasteiger partial charge >= 0.3 is 0 Å². The minimum atomic E-state index is -0.103. The van der Waals surface area contributed by atoms with Crippen molar-refractivity contribution in [3.8, 4) is 17.0 Å². The molecule has 1 aliphatic heterocycles. The van der Waals surface area contributed by atoms with E-state index in [1.165, 1.54) is 0 Å². The zero-order valence-electron chi connectivity index (χ0n) is 15.3. The Morgan fingerprint density at radius 1 is 1.22 bits per heavy atom. The van der Waals surface area contributed by atoms with E-state index in [0.717, 1.165) is 40.8 Å². The van der Waals surface area contributed by atoms with Crippen LogP contribution in [0, 0.1) is 0 Å². The highest BCUT2D eigenvalue weighted by Crippen LogP contribution is 2.29. The molecule has 1 fully saturated rings. The molecule has 0 spiro atoms. The van der Waals surface area contributed by atoms with Gasteiger partial charge in [-0.15, -0.1) is 0 Å². The van der Waals surface area contributed by atoms with Gasteiger partial charge in [-0.25, -0.2) is 4.98 Å². The lowest BCUT2D eigenvalue weighted by Gasteiger charge is -2.24. The molecule has 1 aromatic heterocycles. The lowest BCUT2D eigenvalue weighted by Crippen LogP contribution is -2.37. The summed E-state index contributed by atoms with van der Waals surface area (Å²) >= 11 is 0. The number of aliphatic hydroxyl groups excluding tert-OH is 1. The van der Waals surface area contributed by atoms with E-state index in [9.17, 15) is 9.90 Å². The number of likely N-dealkylation sites (tertiary alicyclic amines) is 1. The summed E-state index contributed by atoms with van der Waals surface area (Å²) in [6, 6.07) is 17.1. The smallest absolute Gasteiger partial charge is 0.254 e. The second kappa shape index (κ2) is 7.37. The SMILES string of the molecule is COc1ccc(-c2cc(C(=O)N3CCC[C@H]3CO)c3ccccc3n2)cc1. The van der Waals surface area contributed by atoms with Crippen LogP contribution in [-0.2, 0) is 0 Å². The second-order valence-electron chi connectivity index (χ2n) is 6.78. The zero-order valence-corrected chi connectivity index (χ0v) is 15.3. The van der Waals surface area contributed by atoms with E-state index in [0.29, 0.717) is 12.1 Å². The number of ether oxygens (including phenoxy) is 1. The number of rotatable bonds is 4. The molecule has 27 heavy (non-hydrogen) atoms. The molecule has 1 atom stereocenters. The zero-order chi connectivity index (χ0) is 18.8. The summed E-state index contributed by atoms with van der Waals surface area (Å²) in [5.74, 6) is 0.735. The highest BCUT2D eigenvalue weighted by molar-refractivity contribution is 6.07. The standard InChI is InChI=1S/C22H22N2O3/c1-27-17-10-8-15(9-11-17)21-13-19(18-6-2-3-7-20(18)23-21)22(26)24-12-4-5-16(24)14-25/h2-3,6-11,13,16,25H,4-5,12,14H2,1H3/t16-/m0/s1. The molecule has 2 heterocycles. The Labute approximate surface area is 158 Å². The predicted molar refractivity (Wildman–Crippen MR) is 105 cm³/mol. The molecule has 1 saturated heterocycles. The van der Waals surface area contributed by atoms with Crippen molar-refractivity contribution in [2.24, 2.45) is 0 Å². The van der Waals surface area contributed by atoms with Gasteiger partial charge in [0.1, 0.15) is 5.75 Å². The van der Waals surface area contributed by atoms with E-state index < -0.39 is 0 Å². The highest BCUT2D eigenvalue weighted by atomic mass is 16.5. The minimum Gasteiger partial charge on any atom is -0.497 e. The number of amides is 1. The molecule has 0 aliphatic carbocycles. The van der Waals surface area contributed by atoms with Crippen LogP contribution in [0.4, 0.5) is 0 Å². The number of hydrogen-bond acceptors (Lipinski definition) is 4. The van der Waals surface area contributed by atoms with E-state index in [4.69, 9.17) is 9.72 Å². The lowest BCUT2D eigenvalue weighted by molar-refractivity contribution is 0.0679. The summed E-state index contributed by atoms with van der Waals surface area (Å²) in [4.78, 5) is 19.8. The second-order valence-corrected chi connectivity index (χ2v) is 6.78. The molecule has 3 aromatic rings. The van der Waals surface area contributed by atoms with Gasteiger partial charge in [0.2, 0.25) is 0 Å². The Balaban J connectivity index is 1.82. The summed E-state index contributed by atoms with van der Waals surface area (Å²) in [5.41, 5.74) is 3.09. The third-order valence-corrected chi connectivity index (χ3v) is 5.18. The van der Waals surface area contributed by atoms with Crippen molar-refractivity contribution < 1.29 is 14.6 Å². The van der Waals surface area contributed by atoms with Crippen molar-refractivity contribution in [2.75, 3.05) is 20.3 Å². The number of methoxy groups -OCH3 is 1. The van der Waals surface area contributed by atoms with Crippen LogP contribution in [0.2, 0.25) is 0 Å². The van der Waals surface area contributed by atoms with Gasteiger partial charge in [-0.3, -0.25) is 4.79 Å². The Hall–Kier alpha value is -2.92. The first-order valence-corrected chi connectivity index (χ1v) is 9.17. The fourth-order valence-corrected chi connectivity index (χ4v) is 3.71. The normalized spacial score (nSPS) is 16.7. The monoisotopic (exact) mass is 362 g/mol. The molecule has 5 nitrogen and oxygen atoms in total. The van der Waals surface area contributed by atoms with Crippen molar-refractivity contribution >= 4 is 16.8 Å². The van der Waals surface area contributed by atoms with Gasteiger partial charge < -0.3 is 14.7 Å². The molecule has 138 valence electrons. The van der Waals surface area contributed by atoms with Crippen LogP contribution in [0.15, 0.2) is 54.6 Å². The predicted octanol–water partition coefficient (Wildman–Crippen LogP) is 3.51. The average molecular weight is 362 g/mol. The van der Waals surface area contributed by atoms with Crippen LogP contribution >= 0.6 is 0 Å². The van der Waals surface area contributed by atoms with Gasteiger partial charge in [0.25, 0.3) is 5.91 Å². The van der Waals surface area contributed by atoms with Crippen LogP contribution in [0.3, 0.4) is 0 Å². The van der Waals surface area contributed by atoms with Gasteiger partial charge in [-0.1, -0.05) is 18.2 Å². The third kappa shape index (κ3) is 3.26.